The first-order valence-electron chi connectivity index (χ1n) is 4.39. The number of nitrogens with one attached hydrogen (secondary N) is 1. The fourth-order valence-corrected chi connectivity index (χ4v) is 0.949. The highest BCUT2D eigenvalue weighted by Crippen LogP contribution is 2.08. The second kappa shape index (κ2) is 5.50. The van der Waals surface area contributed by atoms with Crippen LogP contribution < -0.4 is 5.32 Å². The maximum Gasteiger partial charge on any atom is 0.413 e. The molecule has 0 bridgehead atoms. The van der Waals surface area contributed by atoms with Crippen LogP contribution >= 0.6 is 11.6 Å². The van der Waals surface area contributed by atoms with Crippen molar-refractivity contribution in [2.75, 3.05) is 5.32 Å². The summed E-state index contributed by atoms with van der Waals surface area (Å²) in [5, 5.41) is 2.56. The van der Waals surface area contributed by atoms with Crippen molar-refractivity contribution in [2.45, 2.75) is 18.9 Å². The summed E-state index contributed by atoms with van der Waals surface area (Å²) >= 11 is 5.64. The summed E-state index contributed by atoms with van der Waals surface area (Å²) in [6, 6.07) is 9.07. The average Bonchev–Trinajstić information content (AvgIpc) is 2.19. The summed E-state index contributed by atoms with van der Waals surface area (Å²) in [5.41, 5.74) is 0.121. The Morgan fingerprint density at radius 3 is 2.71 bits per heavy atom. The lowest BCUT2D eigenvalue weighted by Gasteiger charge is -2.09. The molecule has 0 aromatic heterocycles. The maximum absolute atomic E-state index is 11.2. The number of alkyl halides is 1. The van der Waals surface area contributed by atoms with Gasteiger partial charge in [0.2, 0.25) is 0 Å². The van der Waals surface area contributed by atoms with Crippen LogP contribution in [0.3, 0.4) is 0 Å². The smallest absolute Gasteiger partial charge is 0.413 e. The normalized spacial score (nSPS) is 11.9. The Labute approximate surface area is 88.0 Å². The van der Waals surface area contributed by atoms with Crippen molar-refractivity contribution in [1.82, 2.24) is 0 Å². The first kappa shape index (κ1) is 10.9. The molecule has 4 heteroatoms. The van der Waals surface area contributed by atoms with Crippen LogP contribution in [0.2, 0.25) is 0 Å². The molecule has 1 unspecified atom stereocenters. The van der Waals surface area contributed by atoms with Gasteiger partial charge < -0.3 is 4.74 Å². The molecule has 0 aliphatic carbocycles. The zero-order valence-electron chi connectivity index (χ0n) is 7.87. The third kappa shape index (κ3) is 3.66. The minimum absolute atomic E-state index is 0.530. The predicted molar refractivity (Wildman–Crippen MR) is 56.5 cm³/mol. The largest absolute Gasteiger partial charge is 0.430 e. The monoisotopic (exact) mass is 213 g/mol. The van der Waals surface area contributed by atoms with E-state index in [0.717, 1.165) is 0 Å². The topological polar surface area (TPSA) is 38.3 Å². The molecule has 76 valence electrons. The van der Waals surface area contributed by atoms with E-state index < -0.39 is 11.7 Å². The van der Waals surface area contributed by atoms with Crippen LogP contribution in [-0.4, -0.2) is 11.7 Å². The van der Waals surface area contributed by atoms with Crippen LogP contribution in [0.1, 0.15) is 13.3 Å². The van der Waals surface area contributed by atoms with Crippen molar-refractivity contribution in [3.63, 3.8) is 0 Å². The number of rotatable bonds is 3. The van der Waals surface area contributed by atoms with E-state index in [-0.39, 0.29) is 0 Å². The van der Waals surface area contributed by atoms with Gasteiger partial charge in [0.15, 0.2) is 5.56 Å². The van der Waals surface area contributed by atoms with Crippen LogP contribution in [0.15, 0.2) is 30.3 Å². The number of anilines is 1. The van der Waals surface area contributed by atoms with Crippen LogP contribution in [0.25, 0.3) is 0 Å². The lowest BCUT2D eigenvalue weighted by atomic mass is 10.3. The Hall–Kier alpha value is -1.22. The third-order valence-electron chi connectivity index (χ3n) is 1.58. The van der Waals surface area contributed by atoms with Crippen LogP contribution in [-0.2, 0) is 4.74 Å². The molecule has 0 aliphatic heterocycles. The number of ether oxygens (including phenoxy) is 1. The van der Waals surface area contributed by atoms with Gasteiger partial charge in [-0.1, -0.05) is 36.7 Å². The van der Waals surface area contributed by atoms with E-state index in [1.54, 1.807) is 12.1 Å². The SMILES string of the molecule is CCC(Cl)OC(=O)Nc1ccccc1. The Kier molecular flexibility index (Phi) is 4.26. The fourth-order valence-electron chi connectivity index (χ4n) is 0.868. The highest BCUT2D eigenvalue weighted by molar-refractivity contribution is 6.20. The molecule has 0 aliphatic rings. The van der Waals surface area contributed by atoms with Crippen molar-refractivity contribution in [3.8, 4) is 0 Å². The Bertz CT molecular complexity index is 289. The van der Waals surface area contributed by atoms with Gasteiger partial charge in [0, 0.05) is 5.69 Å². The molecule has 1 atom stereocenters. The summed E-state index contributed by atoms with van der Waals surface area (Å²) in [7, 11) is 0. The molecule has 0 saturated heterocycles. The number of benzene rings is 1. The van der Waals surface area contributed by atoms with Gasteiger partial charge in [-0.25, -0.2) is 4.79 Å². The van der Waals surface area contributed by atoms with Gasteiger partial charge in [-0.15, -0.1) is 0 Å². The number of amides is 1. The number of para-hydroxylation sites is 1. The van der Waals surface area contributed by atoms with Crippen molar-refractivity contribution in [2.24, 2.45) is 0 Å². The molecule has 1 aromatic rings. The van der Waals surface area contributed by atoms with Gasteiger partial charge in [0.1, 0.15) is 0 Å². The lowest BCUT2D eigenvalue weighted by Crippen LogP contribution is -2.18. The molecule has 1 amide bonds. The van der Waals surface area contributed by atoms with Gasteiger partial charge in [0.05, 0.1) is 0 Å². The molecule has 0 spiro atoms. The molecule has 0 saturated carbocycles. The number of hydrogen-bond donors (Lipinski definition) is 1. The van der Waals surface area contributed by atoms with Gasteiger partial charge in [-0.05, 0) is 18.6 Å². The first-order chi connectivity index (χ1) is 6.72. The molecule has 3 nitrogen and oxygen atoms in total. The van der Waals surface area contributed by atoms with E-state index in [0.29, 0.717) is 12.1 Å². The minimum Gasteiger partial charge on any atom is -0.430 e. The van der Waals surface area contributed by atoms with Crippen LogP contribution in [0.5, 0.6) is 0 Å². The molecule has 0 radical (unpaired) electrons. The van der Waals surface area contributed by atoms with E-state index in [4.69, 9.17) is 16.3 Å². The number of hydrogen-bond acceptors (Lipinski definition) is 2. The molecule has 0 fully saturated rings. The number of carbonyl (C=O) groups is 1. The molecule has 1 rings (SSSR count). The van der Waals surface area contributed by atoms with Crippen molar-refractivity contribution in [1.29, 1.82) is 0 Å². The Morgan fingerprint density at radius 1 is 1.50 bits per heavy atom. The summed E-state index contributed by atoms with van der Waals surface area (Å²) in [5.74, 6) is 0. The second-order valence-electron chi connectivity index (χ2n) is 2.71. The number of halogens is 1. The first-order valence-corrected chi connectivity index (χ1v) is 4.82. The average molecular weight is 214 g/mol. The zero-order valence-corrected chi connectivity index (χ0v) is 8.62. The van der Waals surface area contributed by atoms with E-state index in [1.165, 1.54) is 0 Å². The summed E-state index contributed by atoms with van der Waals surface area (Å²) in [6.45, 7) is 1.84. The van der Waals surface area contributed by atoms with Crippen molar-refractivity contribution >= 4 is 23.4 Å². The summed E-state index contributed by atoms with van der Waals surface area (Å²) in [4.78, 5) is 11.2. The van der Waals surface area contributed by atoms with E-state index in [2.05, 4.69) is 5.32 Å². The number of carbonyl (C=O) groups excluding carboxylic acids is 1. The third-order valence-corrected chi connectivity index (χ3v) is 1.97. The molecule has 0 heterocycles. The van der Waals surface area contributed by atoms with Crippen LogP contribution in [0.4, 0.5) is 10.5 Å². The van der Waals surface area contributed by atoms with Gasteiger partial charge in [-0.3, -0.25) is 5.32 Å². The highest BCUT2D eigenvalue weighted by atomic mass is 35.5. The maximum atomic E-state index is 11.2. The van der Waals surface area contributed by atoms with Crippen LogP contribution in [0, 0.1) is 0 Å². The van der Waals surface area contributed by atoms with Gasteiger partial charge in [0.25, 0.3) is 0 Å². The minimum atomic E-state index is -0.571. The second-order valence-corrected chi connectivity index (χ2v) is 3.20. The Balaban J connectivity index is 2.42. The molecular formula is C10H12ClNO2. The lowest BCUT2D eigenvalue weighted by molar-refractivity contribution is 0.146. The molecule has 14 heavy (non-hydrogen) atoms. The molecule has 1 N–H and O–H groups in total. The zero-order chi connectivity index (χ0) is 10.4. The quantitative estimate of drug-likeness (QED) is 0.783. The summed E-state index contributed by atoms with van der Waals surface area (Å²) in [6.07, 6.45) is 0.0575. The van der Waals surface area contributed by atoms with Gasteiger partial charge >= 0.3 is 6.09 Å². The van der Waals surface area contributed by atoms with E-state index in [1.807, 2.05) is 25.1 Å². The Morgan fingerprint density at radius 2 is 2.14 bits per heavy atom. The standard InChI is InChI=1S/C10H12ClNO2/c1-2-9(11)14-10(13)12-8-6-4-3-5-7-8/h3-7,9H,2H2,1H3,(H,12,13). The van der Waals surface area contributed by atoms with E-state index in [9.17, 15) is 4.79 Å². The van der Waals surface area contributed by atoms with E-state index >= 15 is 0 Å². The summed E-state index contributed by atoms with van der Waals surface area (Å²) < 4.78 is 4.82. The highest BCUT2D eigenvalue weighted by Gasteiger charge is 2.08. The fraction of sp³-hybridized carbons (Fsp3) is 0.300. The van der Waals surface area contributed by atoms with Crippen molar-refractivity contribution < 1.29 is 9.53 Å². The van der Waals surface area contributed by atoms with Crippen molar-refractivity contribution in [3.05, 3.63) is 30.3 Å². The predicted octanol–water partition coefficient (Wildman–Crippen LogP) is 3.21. The molecule has 1 aromatic carbocycles. The van der Waals surface area contributed by atoms with Gasteiger partial charge in [-0.2, -0.15) is 0 Å². The molecular weight excluding hydrogens is 202 g/mol.